The predicted octanol–water partition coefficient (Wildman–Crippen LogP) is 5.27. The van der Waals surface area contributed by atoms with Gasteiger partial charge in [0.05, 0.1) is 24.5 Å². The summed E-state index contributed by atoms with van der Waals surface area (Å²) in [7, 11) is 0. The number of carbonyl (C=O) groups excluding carboxylic acids is 1. The van der Waals surface area contributed by atoms with E-state index < -0.39 is 6.09 Å². The fourth-order valence-corrected chi connectivity index (χ4v) is 4.98. The summed E-state index contributed by atoms with van der Waals surface area (Å²) in [6.45, 7) is 11.0. The molecule has 0 saturated carbocycles. The number of nitrogens with zero attached hydrogens (tertiary/aromatic N) is 5. The zero-order valence-corrected chi connectivity index (χ0v) is 22.2. The number of carboxylic acid groups (broad SMARTS) is 1. The smallest absolute Gasteiger partial charge is 0.407 e. The van der Waals surface area contributed by atoms with Crippen molar-refractivity contribution >= 4 is 23.4 Å². The van der Waals surface area contributed by atoms with Crippen molar-refractivity contribution in [3.8, 4) is 11.1 Å². The van der Waals surface area contributed by atoms with E-state index >= 15 is 0 Å². The van der Waals surface area contributed by atoms with Crippen LogP contribution in [-0.4, -0.2) is 55.9 Å². The van der Waals surface area contributed by atoms with Crippen LogP contribution in [0, 0.1) is 5.41 Å². The van der Waals surface area contributed by atoms with E-state index in [0.29, 0.717) is 19.6 Å². The Kier molecular flexibility index (Phi) is 7.52. The van der Waals surface area contributed by atoms with Crippen LogP contribution >= 0.6 is 0 Å². The van der Waals surface area contributed by atoms with E-state index in [4.69, 9.17) is 0 Å². The maximum Gasteiger partial charge on any atom is 0.407 e. The molecule has 0 fully saturated rings. The van der Waals surface area contributed by atoms with Crippen LogP contribution in [0.2, 0.25) is 0 Å². The maximum absolute atomic E-state index is 12.5. The molecule has 37 heavy (non-hydrogen) atoms. The third-order valence-corrected chi connectivity index (χ3v) is 6.52. The van der Waals surface area contributed by atoms with Gasteiger partial charge < -0.3 is 20.2 Å². The topological polar surface area (TPSA) is 104 Å². The van der Waals surface area contributed by atoms with Gasteiger partial charge in [-0.15, -0.1) is 0 Å². The minimum absolute atomic E-state index is 0.0151. The predicted molar refractivity (Wildman–Crippen MR) is 145 cm³/mol. The SMILES string of the molecule is CC(=O)N1c2ccc(-c3cnn(CCN(CC(C)(C)C)C(=O)O)c3)cc2[C@H](Nc2cccnc2)C[C@@H]1C. The van der Waals surface area contributed by atoms with E-state index in [9.17, 15) is 14.7 Å². The summed E-state index contributed by atoms with van der Waals surface area (Å²) in [6, 6.07) is 10.1. The zero-order valence-electron chi connectivity index (χ0n) is 22.2. The molecule has 1 aromatic carbocycles. The number of hydrogen-bond donors (Lipinski definition) is 2. The lowest BCUT2D eigenvalue weighted by atomic mass is 9.89. The summed E-state index contributed by atoms with van der Waals surface area (Å²) in [6.07, 6.45) is 7.13. The normalized spacial score (nSPS) is 17.3. The fraction of sp³-hybridized carbons (Fsp3) is 0.429. The summed E-state index contributed by atoms with van der Waals surface area (Å²) in [5.74, 6) is 0.0207. The molecule has 2 atom stereocenters. The lowest BCUT2D eigenvalue weighted by Gasteiger charge is -2.39. The van der Waals surface area contributed by atoms with Crippen molar-refractivity contribution in [2.75, 3.05) is 23.3 Å². The minimum Gasteiger partial charge on any atom is -0.465 e. The monoisotopic (exact) mass is 504 g/mol. The molecule has 4 rings (SSSR count). The van der Waals surface area contributed by atoms with Crippen molar-refractivity contribution in [3.63, 3.8) is 0 Å². The van der Waals surface area contributed by atoms with E-state index in [2.05, 4.69) is 28.4 Å². The molecule has 0 saturated heterocycles. The third kappa shape index (κ3) is 6.28. The molecular formula is C28H36N6O3. The number of aromatic nitrogens is 3. The van der Waals surface area contributed by atoms with Crippen LogP contribution in [0.3, 0.4) is 0 Å². The molecule has 9 nitrogen and oxygen atoms in total. The van der Waals surface area contributed by atoms with Gasteiger partial charge in [-0.2, -0.15) is 5.10 Å². The number of amides is 2. The zero-order chi connectivity index (χ0) is 26.7. The van der Waals surface area contributed by atoms with Crippen molar-refractivity contribution in [2.45, 2.75) is 59.7 Å². The Morgan fingerprint density at radius 3 is 2.62 bits per heavy atom. The van der Waals surface area contributed by atoms with Crippen LogP contribution in [0.25, 0.3) is 11.1 Å². The second-order valence-corrected chi connectivity index (χ2v) is 10.9. The molecule has 2 aromatic heterocycles. The van der Waals surface area contributed by atoms with Gasteiger partial charge in [-0.1, -0.05) is 26.8 Å². The van der Waals surface area contributed by atoms with Gasteiger partial charge in [0.1, 0.15) is 0 Å². The standard InChI is InChI=1S/C28H36N6O3/c1-19-13-25(31-23-7-6-10-29-16-23)24-14-21(8-9-26(24)34(19)20(2)35)22-15-30-33(17-22)12-11-32(27(36)37)18-28(3,4)5/h6-10,14-17,19,25,31H,11-13,18H2,1-5H3,(H,36,37)/t19-,25+/m0/s1. The second-order valence-electron chi connectivity index (χ2n) is 10.9. The maximum atomic E-state index is 12.5. The average Bonchev–Trinajstić information content (AvgIpc) is 3.30. The van der Waals surface area contributed by atoms with Gasteiger partial charge in [-0.25, -0.2) is 4.79 Å². The summed E-state index contributed by atoms with van der Waals surface area (Å²) in [4.78, 5) is 31.7. The molecule has 0 spiro atoms. The highest BCUT2D eigenvalue weighted by Crippen LogP contribution is 2.41. The largest absolute Gasteiger partial charge is 0.465 e. The van der Waals surface area contributed by atoms with Gasteiger partial charge in [0.25, 0.3) is 0 Å². The first-order valence-electron chi connectivity index (χ1n) is 12.6. The van der Waals surface area contributed by atoms with Gasteiger partial charge in [0.15, 0.2) is 0 Å². The molecule has 2 amide bonds. The molecule has 0 aliphatic carbocycles. The third-order valence-electron chi connectivity index (χ3n) is 6.52. The Labute approximate surface area is 218 Å². The Hall–Kier alpha value is -3.88. The van der Waals surface area contributed by atoms with Crippen LogP contribution in [0.1, 0.15) is 52.6 Å². The van der Waals surface area contributed by atoms with E-state index in [-0.39, 0.29) is 23.4 Å². The fourth-order valence-electron chi connectivity index (χ4n) is 4.98. The van der Waals surface area contributed by atoms with Crippen molar-refractivity contribution < 1.29 is 14.7 Å². The molecule has 3 heterocycles. The molecule has 1 aliphatic rings. The first-order valence-corrected chi connectivity index (χ1v) is 12.6. The van der Waals surface area contributed by atoms with Gasteiger partial charge in [-0.05, 0) is 54.2 Å². The molecule has 3 aromatic rings. The number of hydrogen-bond acceptors (Lipinski definition) is 5. The van der Waals surface area contributed by atoms with Crippen molar-refractivity contribution in [1.82, 2.24) is 19.7 Å². The van der Waals surface area contributed by atoms with Gasteiger partial charge in [0, 0.05) is 55.9 Å². The van der Waals surface area contributed by atoms with Crippen LogP contribution < -0.4 is 10.2 Å². The lowest BCUT2D eigenvalue weighted by molar-refractivity contribution is -0.117. The number of rotatable bonds is 7. The first-order chi connectivity index (χ1) is 17.5. The Bertz CT molecular complexity index is 1250. The van der Waals surface area contributed by atoms with Crippen LogP contribution in [-0.2, 0) is 11.3 Å². The van der Waals surface area contributed by atoms with Gasteiger partial charge >= 0.3 is 6.09 Å². The average molecular weight is 505 g/mol. The number of pyridine rings is 1. The van der Waals surface area contributed by atoms with Gasteiger partial charge in [-0.3, -0.25) is 14.5 Å². The highest BCUT2D eigenvalue weighted by atomic mass is 16.4. The highest BCUT2D eigenvalue weighted by Gasteiger charge is 2.32. The van der Waals surface area contributed by atoms with Gasteiger partial charge in [0.2, 0.25) is 5.91 Å². The minimum atomic E-state index is -0.923. The van der Waals surface area contributed by atoms with E-state index in [1.807, 2.05) is 56.1 Å². The molecule has 2 N–H and O–H groups in total. The van der Waals surface area contributed by atoms with Crippen molar-refractivity contribution in [3.05, 3.63) is 60.7 Å². The molecule has 9 heteroatoms. The molecule has 0 radical (unpaired) electrons. The second kappa shape index (κ2) is 10.6. The molecule has 0 unspecified atom stereocenters. The molecule has 0 bridgehead atoms. The quantitative estimate of drug-likeness (QED) is 0.454. The summed E-state index contributed by atoms with van der Waals surface area (Å²) in [5, 5.41) is 17.7. The highest BCUT2D eigenvalue weighted by molar-refractivity contribution is 5.94. The Morgan fingerprint density at radius 1 is 1.19 bits per heavy atom. The molecule has 196 valence electrons. The summed E-state index contributed by atoms with van der Waals surface area (Å²) in [5.41, 5.74) is 4.69. The van der Waals surface area contributed by atoms with Crippen molar-refractivity contribution in [1.29, 1.82) is 0 Å². The Morgan fingerprint density at radius 2 is 1.97 bits per heavy atom. The van der Waals surface area contributed by atoms with E-state index in [1.54, 1.807) is 30.2 Å². The first kappa shape index (κ1) is 26.2. The van der Waals surface area contributed by atoms with Crippen LogP contribution in [0.5, 0.6) is 0 Å². The Balaban J connectivity index is 1.58. The lowest BCUT2D eigenvalue weighted by Crippen LogP contribution is -2.43. The molecule has 1 aliphatic heterocycles. The van der Waals surface area contributed by atoms with Crippen LogP contribution in [0.4, 0.5) is 16.2 Å². The number of carbonyl (C=O) groups is 2. The summed E-state index contributed by atoms with van der Waals surface area (Å²) < 4.78 is 1.78. The van der Waals surface area contributed by atoms with E-state index in [0.717, 1.165) is 34.5 Å². The summed E-state index contributed by atoms with van der Waals surface area (Å²) >= 11 is 0. The number of nitrogens with one attached hydrogen (secondary N) is 1. The number of fused-ring (bicyclic) bond motifs is 1. The van der Waals surface area contributed by atoms with Crippen LogP contribution in [0.15, 0.2) is 55.1 Å². The number of anilines is 2. The van der Waals surface area contributed by atoms with Crippen molar-refractivity contribution in [2.24, 2.45) is 5.41 Å². The van der Waals surface area contributed by atoms with E-state index in [1.165, 1.54) is 4.90 Å². The molecular weight excluding hydrogens is 468 g/mol. The number of benzene rings is 1.